The Morgan fingerprint density at radius 2 is 2.15 bits per heavy atom. The summed E-state index contributed by atoms with van der Waals surface area (Å²) < 4.78 is 0. The Balaban J connectivity index is 1.52. The van der Waals surface area contributed by atoms with Crippen LogP contribution in [0.4, 0.5) is 0 Å². The van der Waals surface area contributed by atoms with E-state index in [-0.39, 0.29) is 29.6 Å². The fourth-order valence-corrected chi connectivity index (χ4v) is 4.35. The zero-order valence-corrected chi connectivity index (χ0v) is 13.9. The van der Waals surface area contributed by atoms with Crippen LogP contribution in [0.5, 0.6) is 0 Å². The predicted molar refractivity (Wildman–Crippen MR) is 96.0 cm³/mol. The van der Waals surface area contributed by atoms with Crippen LogP contribution in [0.2, 0.25) is 0 Å². The molecule has 0 radical (unpaired) electrons. The van der Waals surface area contributed by atoms with E-state index < -0.39 is 5.97 Å². The average molecular weight is 347 g/mol. The molecular weight excluding hydrogens is 330 g/mol. The molecule has 2 unspecified atom stereocenters. The smallest absolute Gasteiger partial charge is 0.352 e. The summed E-state index contributed by atoms with van der Waals surface area (Å²) in [6.07, 6.45) is 6.14. The molecule has 6 nitrogen and oxygen atoms in total. The lowest BCUT2D eigenvalue weighted by atomic mass is 9.79. The van der Waals surface area contributed by atoms with Gasteiger partial charge in [-0.15, -0.1) is 0 Å². The molecule has 3 aliphatic rings. The van der Waals surface area contributed by atoms with Crippen LogP contribution in [0, 0.1) is 5.92 Å². The first kappa shape index (κ1) is 15.3. The maximum atomic E-state index is 12.3. The summed E-state index contributed by atoms with van der Waals surface area (Å²) in [6.45, 7) is 0.749. The number of carboxylic acids is 1. The minimum atomic E-state index is -1.04. The molecule has 3 atom stereocenters. The Hall–Kier alpha value is -2.99. The number of nitrogens with one attached hydrogen (secondary N) is 1. The minimum Gasteiger partial charge on any atom is -0.477 e. The second-order valence-electron chi connectivity index (χ2n) is 7.02. The highest BCUT2D eigenvalue weighted by molar-refractivity contribution is 6.01. The topological polar surface area (TPSA) is 82.5 Å². The van der Waals surface area contributed by atoms with Gasteiger partial charge in [0.25, 0.3) is 0 Å². The Morgan fingerprint density at radius 3 is 3.00 bits per heavy atom. The second-order valence-corrected chi connectivity index (χ2v) is 7.02. The molecule has 0 bridgehead atoms. The number of fused-ring (bicyclic) bond motifs is 1. The van der Waals surface area contributed by atoms with Gasteiger partial charge in [0, 0.05) is 18.1 Å². The molecule has 0 spiro atoms. The fourth-order valence-electron chi connectivity index (χ4n) is 4.35. The van der Waals surface area contributed by atoms with E-state index in [1.54, 1.807) is 6.20 Å². The average Bonchev–Trinajstić information content (AvgIpc) is 3.05. The van der Waals surface area contributed by atoms with Crippen molar-refractivity contribution in [3.8, 4) is 0 Å². The second kappa shape index (κ2) is 5.51. The number of pyridine rings is 1. The fraction of sp³-hybridized carbons (Fsp3) is 0.250. The molecule has 0 saturated carbocycles. The molecule has 1 amide bonds. The number of aromatic nitrogens is 1. The Bertz CT molecular complexity index is 1010. The molecule has 3 aliphatic heterocycles. The standard InChI is InChI=1S/C20H17N3O3/c24-19-16-17-14(10-22-16)8-13(18(20(25)26)23(17)19)6-5-11-7-12-3-1-2-4-15(12)21-9-11/h1-7,9,14,16-17,22H,8,10H2,(H,25,26)/b6-5+/t14?,16?,17-/m1/s1. The van der Waals surface area contributed by atoms with E-state index in [1.165, 1.54) is 4.90 Å². The van der Waals surface area contributed by atoms with Crippen molar-refractivity contribution in [2.24, 2.45) is 5.92 Å². The number of carbonyl (C=O) groups is 2. The van der Waals surface area contributed by atoms with Gasteiger partial charge in [-0.3, -0.25) is 14.7 Å². The molecule has 2 N–H and O–H groups in total. The zero-order chi connectivity index (χ0) is 17.8. The maximum Gasteiger partial charge on any atom is 0.352 e. The summed E-state index contributed by atoms with van der Waals surface area (Å²) in [5.41, 5.74) is 2.65. The van der Waals surface area contributed by atoms with Crippen LogP contribution in [-0.2, 0) is 9.59 Å². The van der Waals surface area contributed by atoms with Crippen molar-refractivity contribution in [3.05, 3.63) is 59.4 Å². The number of amides is 1. The maximum absolute atomic E-state index is 12.3. The van der Waals surface area contributed by atoms with Gasteiger partial charge in [-0.1, -0.05) is 30.4 Å². The molecule has 26 heavy (non-hydrogen) atoms. The number of hydrogen-bond donors (Lipinski definition) is 2. The van der Waals surface area contributed by atoms with Crippen LogP contribution in [0.3, 0.4) is 0 Å². The van der Waals surface area contributed by atoms with E-state index in [2.05, 4.69) is 10.3 Å². The first-order chi connectivity index (χ1) is 12.6. The number of nitrogens with zero attached hydrogens (tertiary/aromatic N) is 2. The largest absolute Gasteiger partial charge is 0.477 e. The van der Waals surface area contributed by atoms with Crippen LogP contribution in [0.15, 0.2) is 53.9 Å². The van der Waals surface area contributed by atoms with Gasteiger partial charge in [0.1, 0.15) is 11.7 Å². The van der Waals surface area contributed by atoms with E-state index in [9.17, 15) is 14.7 Å². The molecular formula is C20H17N3O3. The van der Waals surface area contributed by atoms with Gasteiger partial charge in [-0.2, -0.15) is 0 Å². The highest BCUT2D eigenvalue weighted by atomic mass is 16.4. The number of hydrogen-bond acceptors (Lipinski definition) is 4. The van der Waals surface area contributed by atoms with Gasteiger partial charge >= 0.3 is 5.97 Å². The van der Waals surface area contributed by atoms with Crippen molar-refractivity contribution in [2.75, 3.05) is 6.54 Å². The Labute approximate surface area is 149 Å². The van der Waals surface area contributed by atoms with Crippen LogP contribution < -0.4 is 5.32 Å². The molecule has 2 saturated heterocycles. The molecule has 1 aromatic carbocycles. The van der Waals surface area contributed by atoms with Crippen molar-refractivity contribution in [3.63, 3.8) is 0 Å². The number of rotatable bonds is 3. The van der Waals surface area contributed by atoms with Crippen LogP contribution in [0.1, 0.15) is 12.0 Å². The number of allylic oxidation sites excluding steroid dienone is 2. The molecule has 1 aromatic heterocycles. The number of carbonyl (C=O) groups excluding carboxylic acids is 1. The van der Waals surface area contributed by atoms with Crippen molar-refractivity contribution < 1.29 is 14.7 Å². The number of aliphatic carboxylic acids is 1. The van der Waals surface area contributed by atoms with Gasteiger partial charge in [0.05, 0.1) is 11.6 Å². The number of β-lactam (4-membered cyclic amide) rings is 1. The van der Waals surface area contributed by atoms with Crippen LogP contribution in [-0.4, -0.2) is 45.5 Å². The van der Waals surface area contributed by atoms with E-state index in [4.69, 9.17) is 0 Å². The lowest BCUT2D eigenvalue weighted by Gasteiger charge is -2.48. The third-order valence-corrected chi connectivity index (χ3v) is 5.54. The summed E-state index contributed by atoms with van der Waals surface area (Å²) in [7, 11) is 0. The van der Waals surface area contributed by atoms with E-state index in [1.807, 2.05) is 42.5 Å². The van der Waals surface area contributed by atoms with Crippen LogP contribution in [0.25, 0.3) is 17.0 Å². The molecule has 6 heteroatoms. The highest BCUT2D eigenvalue weighted by Gasteiger charge is 2.59. The lowest BCUT2D eigenvalue weighted by Crippen LogP contribution is -2.68. The van der Waals surface area contributed by atoms with E-state index in [0.717, 1.165) is 23.0 Å². The summed E-state index contributed by atoms with van der Waals surface area (Å²) in [5.74, 6) is -0.901. The van der Waals surface area contributed by atoms with Crippen LogP contribution >= 0.6 is 0 Å². The first-order valence-electron chi connectivity index (χ1n) is 8.69. The summed E-state index contributed by atoms with van der Waals surface area (Å²) in [4.78, 5) is 30.0. The van der Waals surface area contributed by atoms with Gasteiger partial charge < -0.3 is 10.4 Å². The summed E-state index contributed by atoms with van der Waals surface area (Å²) in [6, 6.07) is 9.67. The SMILES string of the molecule is O=C(O)C1=C(/C=C/c2cnc3ccccc3c2)CC2CNC3C(=O)N1[C@H]23. The summed E-state index contributed by atoms with van der Waals surface area (Å²) >= 11 is 0. The molecule has 4 heterocycles. The van der Waals surface area contributed by atoms with Crippen molar-refractivity contribution in [1.29, 1.82) is 0 Å². The molecule has 130 valence electrons. The quantitative estimate of drug-likeness (QED) is 0.827. The number of carboxylic acid groups (broad SMARTS) is 1. The van der Waals surface area contributed by atoms with Gasteiger partial charge in [-0.05, 0) is 35.6 Å². The normalized spacial score (nSPS) is 27.2. The zero-order valence-electron chi connectivity index (χ0n) is 13.9. The van der Waals surface area contributed by atoms with Crippen molar-refractivity contribution in [2.45, 2.75) is 18.5 Å². The van der Waals surface area contributed by atoms with Crippen molar-refractivity contribution in [1.82, 2.24) is 15.2 Å². The molecule has 2 fully saturated rings. The predicted octanol–water partition coefficient (Wildman–Crippen LogP) is 1.79. The first-order valence-corrected chi connectivity index (χ1v) is 8.69. The van der Waals surface area contributed by atoms with Gasteiger partial charge in [-0.25, -0.2) is 4.79 Å². The van der Waals surface area contributed by atoms with Gasteiger partial charge in [0.15, 0.2) is 0 Å². The third kappa shape index (κ3) is 2.12. The monoisotopic (exact) mass is 347 g/mol. The van der Waals surface area contributed by atoms with E-state index >= 15 is 0 Å². The minimum absolute atomic E-state index is 0.00640. The number of para-hydroxylation sites is 1. The third-order valence-electron chi connectivity index (χ3n) is 5.54. The molecule has 5 rings (SSSR count). The van der Waals surface area contributed by atoms with E-state index in [0.29, 0.717) is 12.0 Å². The number of benzene rings is 1. The Morgan fingerprint density at radius 1 is 1.31 bits per heavy atom. The van der Waals surface area contributed by atoms with Gasteiger partial charge in [0.2, 0.25) is 5.91 Å². The Kier molecular flexibility index (Phi) is 3.24. The lowest BCUT2D eigenvalue weighted by molar-refractivity contribution is -0.153. The van der Waals surface area contributed by atoms with Crippen molar-refractivity contribution >= 4 is 28.9 Å². The highest BCUT2D eigenvalue weighted by Crippen LogP contribution is 2.43. The molecule has 2 aromatic rings. The molecule has 0 aliphatic carbocycles. The summed E-state index contributed by atoms with van der Waals surface area (Å²) in [5, 5.41) is 13.9.